The first-order valence-electron chi connectivity index (χ1n) is 6.30. The van der Waals surface area contributed by atoms with Crippen molar-refractivity contribution in [1.29, 1.82) is 0 Å². The van der Waals surface area contributed by atoms with Crippen LogP contribution in [0.15, 0.2) is 12.3 Å². The van der Waals surface area contributed by atoms with Gasteiger partial charge in [0, 0.05) is 18.3 Å². The van der Waals surface area contributed by atoms with E-state index in [-0.39, 0.29) is 5.54 Å². The minimum Gasteiger partial charge on any atom is -0.476 e. The second-order valence-electron chi connectivity index (χ2n) is 5.94. The Morgan fingerprint density at radius 1 is 1.39 bits per heavy atom. The largest absolute Gasteiger partial charge is 0.476 e. The van der Waals surface area contributed by atoms with E-state index in [0.717, 1.165) is 12.1 Å². The maximum Gasteiger partial charge on any atom is 0.232 e. The second kappa shape index (κ2) is 6.39. The molecule has 4 heteroatoms. The van der Waals surface area contributed by atoms with E-state index in [9.17, 15) is 0 Å². The summed E-state index contributed by atoms with van der Waals surface area (Å²) in [4.78, 5) is 4.26. The molecule has 1 N–H and O–H groups in total. The highest BCUT2D eigenvalue weighted by Crippen LogP contribution is 2.23. The van der Waals surface area contributed by atoms with Crippen molar-refractivity contribution in [3.05, 3.63) is 22.8 Å². The van der Waals surface area contributed by atoms with Crippen LogP contribution in [0.5, 0.6) is 5.88 Å². The van der Waals surface area contributed by atoms with Crippen LogP contribution in [0.1, 0.15) is 40.2 Å². The molecule has 0 amide bonds. The quantitative estimate of drug-likeness (QED) is 0.887. The number of aromatic nitrogens is 1. The van der Waals surface area contributed by atoms with Gasteiger partial charge in [-0.15, -0.1) is 0 Å². The van der Waals surface area contributed by atoms with Gasteiger partial charge in [-0.2, -0.15) is 0 Å². The highest BCUT2D eigenvalue weighted by atomic mass is 35.5. The van der Waals surface area contributed by atoms with Gasteiger partial charge in [0.05, 0.1) is 6.61 Å². The Balaban J connectivity index is 2.62. The van der Waals surface area contributed by atoms with Gasteiger partial charge in [-0.3, -0.25) is 0 Å². The zero-order valence-electron chi connectivity index (χ0n) is 11.9. The van der Waals surface area contributed by atoms with Crippen LogP contribution in [0, 0.1) is 5.92 Å². The van der Waals surface area contributed by atoms with Gasteiger partial charge in [0.2, 0.25) is 5.88 Å². The number of nitrogens with one attached hydrogen (secondary N) is 1. The lowest BCUT2D eigenvalue weighted by molar-refractivity contribution is 0.261. The van der Waals surface area contributed by atoms with Crippen LogP contribution in [0.25, 0.3) is 0 Å². The number of pyridine rings is 1. The van der Waals surface area contributed by atoms with Crippen LogP contribution in [-0.2, 0) is 6.54 Å². The Bertz CT molecular complexity index is 386. The molecule has 0 aromatic carbocycles. The topological polar surface area (TPSA) is 34.1 Å². The number of halogens is 1. The fourth-order valence-corrected chi connectivity index (χ4v) is 1.52. The smallest absolute Gasteiger partial charge is 0.232 e. The highest BCUT2D eigenvalue weighted by molar-refractivity contribution is 6.31. The van der Waals surface area contributed by atoms with Gasteiger partial charge in [-0.05, 0) is 38.3 Å². The maximum atomic E-state index is 6.15. The van der Waals surface area contributed by atoms with Crippen LogP contribution in [0.2, 0.25) is 5.02 Å². The predicted molar refractivity (Wildman–Crippen MR) is 76.2 cm³/mol. The number of hydrogen-bond donors (Lipinski definition) is 1. The van der Waals surface area contributed by atoms with Crippen LogP contribution >= 0.6 is 11.6 Å². The van der Waals surface area contributed by atoms with Crippen molar-refractivity contribution in [2.24, 2.45) is 5.92 Å². The molecular formula is C14H23ClN2O. The van der Waals surface area contributed by atoms with E-state index in [1.165, 1.54) is 0 Å². The van der Waals surface area contributed by atoms with E-state index < -0.39 is 0 Å². The molecule has 0 atom stereocenters. The fourth-order valence-electron chi connectivity index (χ4n) is 1.28. The highest BCUT2D eigenvalue weighted by Gasteiger charge is 2.10. The standard InChI is InChI=1S/C14H23ClN2O/c1-10(2)9-18-13-12(15)6-11(7-16-13)8-17-14(3,4)5/h6-7,10,17H,8-9H2,1-5H3. The van der Waals surface area contributed by atoms with E-state index in [1.807, 2.05) is 6.07 Å². The summed E-state index contributed by atoms with van der Waals surface area (Å²) in [7, 11) is 0. The predicted octanol–water partition coefficient (Wildman–Crippen LogP) is 3.66. The van der Waals surface area contributed by atoms with Crippen molar-refractivity contribution in [3.63, 3.8) is 0 Å². The van der Waals surface area contributed by atoms with Crippen molar-refractivity contribution >= 4 is 11.6 Å². The second-order valence-corrected chi connectivity index (χ2v) is 6.35. The molecule has 1 aromatic heterocycles. The molecule has 18 heavy (non-hydrogen) atoms. The molecule has 0 saturated carbocycles. The molecule has 0 spiro atoms. The van der Waals surface area contributed by atoms with Crippen LogP contribution in [0.3, 0.4) is 0 Å². The van der Waals surface area contributed by atoms with Crippen molar-refractivity contribution in [2.75, 3.05) is 6.61 Å². The van der Waals surface area contributed by atoms with Gasteiger partial charge in [0.1, 0.15) is 5.02 Å². The van der Waals surface area contributed by atoms with Crippen molar-refractivity contribution in [1.82, 2.24) is 10.3 Å². The van der Waals surface area contributed by atoms with Crippen molar-refractivity contribution in [2.45, 2.75) is 46.7 Å². The van der Waals surface area contributed by atoms with Crippen molar-refractivity contribution in [3.8, 4) is 5.88 Å². The Morgan fingerprint density at radius 3 is 2.56 bits per heavy atom. The lowest BCUT2D eigenvalue weighted by Crippen LogP contribution is -2.35. The van der Waals surface area contributed by atoms with E-state index in [2.05, 4.69) is 44.9 Å². The Hall–Kier alpha value is -0.800. The average Bonchev–Trinajstić information content (AvgIpc) is 2.24. The van der Waals surface area contributed by atoms with E-state index in [1.54, 1.807) is 6.20 Å². The molecule has 0 fully saturated rings. The molecule has 1 aromatic rings. The molecule has 102 valence electrons. The third-order valence-corrected chi connectivity index (χ3v) is 2.51. The molecule has 0 radical (unpaired) electrons. The molecular weight excluding hydrogens is 248 g/mol. The van der Waals surface area contributed by atoms with Gasteiger partial charge in [-0.25, -0.2) is 4.98 Å². The molecule has 0 saturated heterocycles. The summed E-state index contributed by atoms with van der Waals surface area (Å²) in [5.41, 5.74) is 1.14. The molecule has 0 unspecified atom stereocenters. The summed E-state index contributed by atoms with van der Waals surface area (Å²) in [5.74, 6) is 0.981. The summed E-state index contributed by atoms with van der Waals surface area (Å²) in [6.45, 7) is 11.9. The average molecular weight is 271 g/mol. The monoisotopic (exact) mass is 270 g/mol. The van der Waals surface area contributed by atoms with E-state index >= 15 is 0 Å². The SMILES string of the molecule is CC(C)COc1ncc(CNC(C)(C)C)cc1Cl. The molecule has 1 heterocycles. The zero-order chi connectivity index (χ0) is 13.8. The summed E-state index contributed by atoms with van der Waals surface area (Å²) >= 11 is 6.15. The van der Waals surface area contributed by atoms with Crippen LogP contribution in [0.4, 0.5) is 0 Å². The third kappa shape index (κ3) is 5.69. The minimum absolute atomic E-state index is 0.0826. The molecule has 0 aliphatic carbocycles. The van der Waals surface area contributed by atoms with Crippen LogP contribution < -0.4 is 10.1 Å². The summed E-state index contributed by atoms with van der Waals surface area (Å²) in [6, 6.07) is 1.91. The van der Waals surface area contributed by atoms with Gasteiger partial charge in [-0.1, -0.05) is 25.4 Å². The first kappa shape index (κ1) is 15.3. The molecule has 3 nitrogen and oxygen atoms in total. The number of ether oxygens (including phenoxy) is 1. The van der Waals surface area contributed by atoms with Gasteiger partial charge in [0.25, 0.3) is 0 Å². The van der Waals surface area contributed by atoms with Crippen molar-refractivity contribution < 1.29 is 4.74 Å². The summed E-state index contributed by atoms with van der Waals surface area (Å²) in [5, 5.41) is 3.97. The zero-order valence-corrected chi connectivity index (χ0v) is 12.6. The summed E-state index contributed by atoms with van der Waals surface area (Å²) < 4.78 is 5.54. The Kier molecular flexibility index (Phi) is 5.42. The fraction of sp³-hybridized carbons (Fsp3) is 0.643. The molecule has 0 bridgehead atoms. The number of hydrogen-bond acceptors (Lipinski definition) is 3. The van der Waals surface area contributed by atoms with E-state index in [4.69, 9.17) is 16.3 Å². The Labute approximate surface area is 115 Å². The first-order valence-corrected chi connectivity index (χ1v) is 6.68. The van der Waals surface area contributed by atoms with E-state index in [0.29, 0.717) is 23.4 Å². The third-order valence-electron chi connectivity index (χ3n) is 2.24. The lowest BCUT2D eigenvalue weighted by Gasteiger charge is -2.20. The Morgan fingerprint density at radius 2 is 2.06 bits per heavy atom. The minimum atomic E-state index is 0.0826. The molecule has 1 rings (SSSR count). The van der Waals surface area contributed by atoms with Crippen LogP contribution in [-0.4, -0.2) is 17.1 Å². The molecule has 0 aliphatic heterocycles. The van der Waals surface area contributed by atoms with Gasteiger partial charge < -0.3 is 10.1 Å². The number of nitrogens with zero attached hydrogens (tertiary/aromatic N) is 1. The summed E-state index contributed by atoms with van der Waals surface area (Å²) in [6.07, 6.45) is 1.81. The van der Waals surface area contributed by atoms with Gasteiger partial charge >= 0.3 is 0 Å². The maximum absolute atomic E-state index is 6.15. The normalized spacial score (nSPS) is 11.9. The molecule has 0 aliphatic rings. The first-order chi connectivity index (χ1) is 8.28. The number of rotatable bonds is 5. The van der Waals surface area contributed by atoms with Gasteiger partial charge in [0.15, 0.2) is 0 Å². The lowest BCUT2D eigenvalue weighted by atomic mass is 10.1.